The van der Waals surface area contributed by atoms with Crippen molar-refractivity contribution in [3.8, 4) is 6.07 Å². The van der Waals surface area contributed by atoms with Gasteiger partial charge in [-0.25, -0.2) is 0 Å². The van der Waals surface area contributed by atoms with Crippen LogP contribution in [-0.4, -0.2) is 0 Å². The Morgan fingerprint density at radius 2 is 1.79 bits per heavy atom. The van der Waals surface area contributed by atoms with Crippen molar-refractivity contribution in [1.82, 2.24) is 0 Å². The van der Waals surface area contributed by atoms with Gasteiger partial charge in [-0.05, 0) is 38.0 Å². The van der Waals surface area contributed by atoms with Gasteiger partial charge in [-0.2, -0.15) is 5.26 Å². The molecule has 3 heteroatoms. The van der Waals surface area contributed by atoms with E-state index in [0.29, 0.717) is 16.5 Å². The number of rotatable bonds is 2. The quantitative estimate of drug-likeness (QED) is 0.747. The molecule has 74 valence electrons. The molecule has 1 nitrogen and oxygen atoms in total. The molecule has 0 radical (unpaired) electrons. The fraction of sp³-hybridized carbons (Fsp3) is 0.364. The molecule has 0 fully saturated rings. The van der Waals surface area contributed by atoms with Gasteiger partial charge < -0.3 is 0 Å². The molecule has 0 unspecified atom stereocenters. The van der Waals surface area contributed by atoms with Gasteiger partial charge in [0.25, 0.3) is 0 Å². The number of hydrogen-bond acceptors (Lipinski definition) is 1. The van der Waals surface area contributed by atoms with E-state index in [9.17, 15) is 0 Å². The lowest BCUT2D eigenvalue weighted by molar-refractivity contribution is 0.493. The van der Waals surface area contributed by atoms with E-state index in [1.165, 1.54) is 0 Å². The third-order valence-electron chi connectivity index (χ3n) is 1.98. The molecule has 0 N–H and O–H groups in total. The van der Waals surface area contributed by atoms with Crippen molar-refractivity contribution in [2.45, 2.75) is 20.3 Å². The van der Waals surface area contributed by atoms with Gasteiger partial charge in [0.2, 0.25) is 0 Å². The molecular weight excluding hydrogens is 217 g/mol. The van der Waals surface area contributed by atoms with E-state index >= 15 is 0 Å². The van der Waals surface area contributed by atoms with Gasteiger partial charge >= 0.3 is 0 Å². The Labute approximate surface area is 94.3 Å². The highest BCUT2D eigenvalue weighted by Gasteiger charge is 2.20. The second-order valence-electron chi connectivity index (χ2n) is 3.87. The third-order valence-corrected chi connectivity index (χ3v) is 2.69. The van der Waals surface area contributed by atoms with Crippen LogP contribution < -0.4 is 0 Å². The molecule has 0 aliphatic carbocycles. The summed E-state index contributed by atoms with van der Waals surface area (Å²) in [6, 6.07) is 7.60. The first-order valence-electron chi connectivity index (χ1n) is 4.30. The van der Waals surface area contributed by atoms with Crippen molar-refractivity contribution in [2.24, 2.45) is 5.41 Å². The Bertz CT molecular complexity index is 357. The number of halogens is 2. The van der Waals surface area contributed by atoms with Crippen molar-refractivity contribution >= 4 is 23.2 Å². The largest absolute Gasteiger partial charge is 0.198 e. The predicted octanol–water partition coefficient (Wildman–Crippen LogP) is 4.09. The van der Waals surface area contributed by atoms with Crippen molar-refractivity contribution in [3.63, 3.8) is 0 Å². The normalized spacial score (nSPS) is 11.1. The zero-order valence-corrected chi connectivity index (χ0v) is 9.65. The van der Waals surface area contributed by atoms with Crippen LogP contribution in [-0.2, 0) is 6.42 Å². The monoisotopic (exact) mass is 227 g/mol. The zero-order valence-electron chi connectivity index (χ0n) is 8.14. The standard InChI is InChI=1S/C11H11Cl2N/c1-11(2,7-14)6-8-9(12)4-3-5-10(8)13/h3-5H,6H2,1-2H3. The lowest BCUT2D eigenvalue weighted by Crippen LogP contribution is -2.12. The SMILES string of the molecule is CC(C)(C#N)Cc1c(Cl)cccc1Cl. The first-order chi connectivity index (χ1) is 6.46. The molecule has 0 bridgehead atoms. The number of nitriles is 1. The summed E-state index contributed by atoms with van der Waals surface area (Å²) < 4.78 is 0. The van der Waals surface area contributed by atoms with Crippen LogP contribution in [0.2, 0.25) is 10.0 Å². The van der Waals surface area contributed by atoms with Crippen molar-refractivity contribution in [1.29, 1.82) is 5.26 Å². The maximum absolute atomic E-state index is 8.90. The molecule has 0 saturated heterocycles. The first-order valence-corrected chi connectivity index (χ1v) is 5.06. The van der Waals surface area contributed by atoms with Crippen LogP contribution in [0.15, 0.2) is 18.2 Å². The second-order valence-corrected chi connectivity index (χ2v) is 4.69. The molecule has 0 amide bonds. The molecular formula is C11H11Cl2N. The lowest BCUT2D eigenvalue weighted by Gasteiger charge is -2.16. The summed E-state index contributed by atoms with van der Waals surface area (Å²) in [5.41, 5.74) is 0.414. The van der Waals surface area contributed by atoms with Gasteiger partial charge in [0.05, 0.1) is 11.5 Å². The van der Waals surface area contributed by atoms with Crippen LogP contribution in [0.4, 0.5) is 0 Å². The summed E-state index contributed by atoms with van der Waals surface area (Å²) in [6.45, 7) is 3.74. The van der Waals surface area contributed by atoms with Gasteiger partial charge in [-0.15, -0.1) is 0 Å². The van der Waals surface area contributed by atoms with Crippen LogP contribution in [0.5, 0.6) is 0 Å². The Hall–Kier alpha value is -0.710. The highest BCUT2D eigenvalue weighted by atomic mass is 35.5. The summed E-state index contributed by atoms with van der Waals surface area (Å²) in [6.07, 6.45) is 0.571. The molecule has 1 aromatic rings. The van der Waals surface area contributed by atoms with Crippen LogP contribution in [0.1, 0.15) is 19.4 Å². The predicted molar refractivity (Wildman–Crippen MR) is 59.6 cm³/mol. The second kappa shape index (κ2) is 4.21. The average molecular weight is 228 g/mol. The molecule has 0 saturated carbocycles. The summed E-state index contributed by atoms with van der Waals surface area (Å²) in [5.74, 6) is 0. The summed E-state index contributed by atoms with van der Waals surface area (Å²) >= 11 is 12.0. The molecule has 1 aromatic carbocycles. The molecule has 1 rings (SSSR count). The van der Waals surface area contributed by atoms with E-state index in [4.69, 9.17) is 28.5 Å². The van der Waals surface area contributed by atoms with Crippen molar-refractivity contribution in [2.75, 3.05) is 0 Å². The maximum atomic E-state index is 8.90. The van der Waals surface area contributed by atoms with Gasteiger partial charge in [0, 0.05) is 10.0 Å². The molecule has 0 atom stereocenters. The van der Waals surface area contributed by atoms with E-state index in [1.54, 1.807) is 18.2 Å². The molecule has 0 spiro atoms. The first kappa shape index (κ1) is 11.4. The van der Waals surface area contributed by atoms with E-state index < -0.39 is 5.41 Å². The minimum absolute atomic E-state index is 0.436. The smallest absolute Gasteiger partial charge is 0.0687 e. The van der Waals surface area contributed by atoms with Gasteiger partial charge in [-0.1, -0.05) is 29.3 Å². The van der Waals surface area contributed by atoms with Crippen molar-refractivity contribution < 1.29 is 0 Å². The third kappa shape index (κ3) is 2.64. The highest BCUT2D eigenvalue weighted by molar-refractivity contribution is 6.36. The fourth-order valence-corrected chi connectivity index (χ4v) is 1.71. The van der Waals surface area contributed by atoms with E-state index in [2.05, 4.69) is 6.07 Å². The van der Waals surface area contributed by atoms with Gasteiger partial charge in [-0.3, -0.25) is 0 Å². The van der Waals surface area contributed by atoms with Crippen LogP contribution in [0, 0.1) is 16.7 Å². The molecule has 0 aliphatic rings. The van der Waals surface area contributed by atoms with E-state index in [0.717, 1.165) is 5.56 Å². The minimum atomic E-state index is -0.436. The summed E-state index contributed by atoms with van der Waals surface area (Å²) in [5, 5.41) is 10.2. The molecule has 0 aromatic heterocycles. The van der Waals surface area contributed by atoms with Crippen LogP contribution in [0.25, 0.3) is 0 Å². The fourth-order valence-electron chi connectivity index (χ4n) is 1.18. The molecule has 0 aliphatic heterocycles. The van der Waals surface area contributed by atoms with Crippen molar-refractivity contribution in [3.05, 3.63) is 33.8 Å². The van der Waals surface area contributed by atoms with E-state index in [1.807, 2.05) is 13.8 Å². The molecule has 14 heavy (non-hydrogen) atoms. The Morgan fingerprint density at radius 3 is 2.21 bits per heavy atom. The zero-order chi connectivity index (χ0) is 10.8. The number of nitrogens with zero attached hydrogens (tertiary/aromatic N) is 1. The molecule has 0 heterocycles. The van der Waals surface area contributed by atoms with Gasteiger partial charge in [0.1, 0.15) is 0 Å². The Kier molecular flexibility index (Phi) is 3.42. The average Bonchev–Trinajstić information content (AvgIpc) is 2.12. The van der Waals surface area contributed by atoms with E-state index in [-0.39, 0.29) is 0 Å². The topological polar surface area (TPSA) is 23.8 Å². The maximum Gasteiger partial charge on any atom is 0.0687 e. The van der Waals surface area contributed by atoms with Gasteiger partial charge in [0.15, 0.2) is 0 Å². The summed E-state index contributed by atoms with van der Waals surface area (Å²) in [7, 11) is 0. The lowest BCUT2D eigenvalue weighted by atomic mass is 9.87. The van der Waals surface area contributed by atoms with Crippen LogP contribution in [0.3, 0.4) is 0 Å². The number of benzene rings is 1. The van der Waals surface area contributed by atoms with Crippen LogP contribution >= 0.6 is 23.2 Å². The summed E-state index contributed by atoms with van der Waals surface area (Å²) in [4.78, 5) is 0. The minimum Gasteiger partial charge on any atom is -0.198 e. The number of hydrogen-bond donors (Lipinski definition) is 0. The Morgan fingerprint density at radius 1 is 1.29 bits per heavy atom. The highest BCUT2D eigenvalue weighted by Crippen LogP contribution is 2.30. The Balaban J connectivity index is 3.04.